The van der Waals surface area contributed by atoms with Crippen LogP contribution in [0, 0.1) is 24.6 Å². The van der Waals surface area contributed by atoms with E-state index >= 15 is 0 Å². The summed E-state index contributed by atoms with van der Waals surface area (Å²) in [5, 5.41) is 0. The van der Waals surface area contributed by atoms with Crippen LogP contribution in [-0.4, -0.2) is 43.5 Å². The molecule has 3 rings (SSSR count). The Balaban J connectivity index is 1.40. The summed E-state index contributed by atoms with van der Waals surface area (Å²) in [6, 6.07) is 5.49. The molecule has 0 radical (unpaired) electrons. The standard InChI is InChI=1S/C20H30FN3O/c1-15-2-7-19(18(21)14-15)24-12-10-23(11-13-24)9-8-16-3-5-17(6-4-16)20(22)25/h2,7,14,16-17H,3-6,8-13H2,1H3,(H2,22,25). The third kappa shape index (κ3) is 4.72. The average molecular weight is 347 g/mol. The summed E-state index contributed by atoms with van der Waals surface area (Å²) in [4.78, 5) is 15.9. The number of anilines is 1. The monoisotopic (exact) mass is 347 g/mol. The first kappa shape index (κ1) is 18.2. The average Bonchev–Trinajstić information content (AvgIpc) is 2.61. The van der Waals surface area contributed by atoms with Crippen LogP contribution in [0.15, 0.2) is 18.2 Å². The van der Waals surface area contributed by atoms with Crippen molar-refractivity contribution < 1.29 is 9.18 Å². The van der Waals surface area contributed by atoms with E-state index in [-0.39, 0.29) is 17.6 Å². The summed E-state index contributed by atoms with van der Waals surface area (Å²) in [7, 11) is 0. The van der Waals surface area contributed by atoms with E-state index in [1.807, 2.05) is 19.1 Å². The predicted octanol–water partition coefficient (Wildman–Crippen LogP) is 2.94. The van der Waals surface area contributed by atoms with Crippen LogP contribution in [0.5, 0.6) is 0 Å². The molecule has 0 aromatic heterocycles. The van der Waals surface area contributed by atoms with Crippen molar-refractivity contribution >= 4 is 11.6 Å². The fourth-order valence-corrected chi connectivity index (χ4v) is 4.18. The molecule has 0 unspecified atom stereocenters. The summed E-state index contributed by atoms with van der Waals surface area (Å²) >= 11 is 0. The summed E-state index contributed by atoms with van der Waals surface area (Å²) in [6.07, 6.45) is 5.37. The van der Waals surface area contributed by atoms with Gasteiger partial charge in [0.05, 0.1) is 5.69 Å². The van der Waals surface area contributed by atoms with Gasteiger partial charge in [0, 0.05) is 32.1 Å². The molecule has 0 bridgehead atoms. The van der Waals surface area contributed by atoms with Crippen LogP contribution in [0.3, 0.4) is 0 Å². The number of carbonyl (C=O) groups excluding carboxylic acids is 1. The first-order chi connectivity index (χ1) is 12.0. The predicted molar refractivity (Wildman–Crippen MR) is 99.0 cm³/mol. The minimum Gasteiger partial charge on any atom is -0.369 e. The van der Waals surface area contributed by atoms with Gasteiger partial charge in [0.2, 0.25) is 5.91 Å². The lowest BCUT2D eigenvalue weighted by atomic mass is 9.80. The first-order valence-corrected chi connectivity index (χ1v) is 9.55. The van der Waals surface area contributed by atoms with Crippen LogP contribution < -0.4 is 10.6 Å². The molecule has 1 saturated heterocycles. The second-order valence-electron chi connectivity index (χ2n) is 7.69. The number of piperazine rings is 1. The Morgan fingerprint density at radius 3 is 2.44 bits per heavy atom. The van der Waals surface area contributed by atoms with E-state index in [9.17, 15) is 9.18 Å². The molecule has 1 amide bonds. The molecule has 1 aromatic carbocycles. The summed E-state index contributed by atoms with van der Waals surface area (Å²) in [5.41, 5.74) is 7.10. The maximum absolute atomic E-state index is 14.1. The van der Waals surface area contributed by atoms with Gasteiger partial charge in [-0.1, -0.05) is 6.07 Å². The molecule has 0 atom stereocenters. The van der Waals surface area contributed by atoms with Crippen molar-refractivity contribution in [2.45, 2.75) is 39.0 Å². The molecule has 1 aromatic rings. The van der Waals surface area contributed by atoms with Crippen LogP contribution in [0.1, 0.15) is 37.7 Å². The highest BCUT2D eigenvalue weighted by molar-refractivity contribution is 5.76. The number of carbonyl (C=O) groups is 1. The molecule has 2 aliphatic rings. The lowest BCUT2D eigenvalue weighted by Gasteiger charge is -2.37. The molecular formula is C20H30FN3O. The number of nitrogens with zero attached hydrogens (tertiary/aromatic N) is 2. The zero-order valence-electron chi connectivity index (χ0n) is 15.2. The Morgan fingerprint density at radius 1 is 1.16 bits per heavy atom. The number of amides is 1. The van der Waals surface area contributed by atoms with Crippen molar-refractivity contribution in [3.05, 3.63) is 29.6 Å². The number of benzene rings is 1. The zero-order chi connectivity index (χ0) is 17.8. The van der Waals surface area contributed by atoms with Crippen LogP contribution in [-0.2, 0) is 4.79 Å². The Kier molecular flexibility index (Phi) is 5.94. The molecule has 1 saturated carbocycles. The first-order valence-electron chi connectivity index (χ1n) is 9.55. The van der Waals surface area contributed by atoms with Crippen molar-refractivity contribution in [3.63, 3.8) is 0 Å². The molecule has 1 aliphatic carbocycles. The molecular weight excluding hydrogens is 317 g/mol. The second-order valence-corrected chi connectivity index (χ2v) is 7.69. The maximum atomic E-state index is 14.1. The highest BCUT2D eigenvalue weighted by Gasteiger charge is 2.25. The van der Waals surface area contributed by atoms with E-state index in [0.717, 1.165) is 75.6 Å². The molecule has 25 heavy (non-hydrogen) atoms. The van der Waals surface area contributed by atoms with Gasteiger partial charge in [0.1, 0.15) is 5.82 Å². The van der Waals surface area contributed by atoms with Gasteiger partial charge < -0.3 is 10.6 Å². The van der Waals surface area contributed by atoms with E-state index < -0.39 is 0 Å². The number of nitrogens with two attached hydrogens (primary N) is 1. The number of rotatable bonds is 5. The van der Waals surface area contributed by atoms with Crippen molar-refractivity contribution in [2.24, 2.45) is 17.6 Å². The Hall–Kier alpha value is -1.62. The lowest BCUT2D eigenvalue weighted by molar-refractivity contribution is -0.123. The summed E-state index contributed by atoms with van der Waals surface area (Å²) in [5.74, 6) is 0.588. The minimum absolute atomic E-state index is 0.101. The van der Waals surface area contributed by atoms with E-state index in [0.29, 0.717) is 0 Å². The Bertz CT molecular complexity index is 591. The minimum atomic E-state index is -0.127. The number of hydrogen-bond acceptors (Lipinski definition) is 3. The van der Waals surface area contributed by atoms with Gasteiger partial charge in [0.15, 0.2) is 0 Å². The topological polar surface area (TPSA) is 49.6 Å². The van der Waals surface area contributed by atoms with Crippen molar-refractivity contribution in [2.75, 3.05) is 37.6 Å². The fraction of sp³-hybridized carbons (Fsp3) is 0.650. The van der Waals surface area contributed by atoms with Crippen molar-refractivity contribution in [1.29, 1.82) is 0 Å². The third-order valence-corrected chi connectivity index (χ3v) is 5.92. The molecule has 138 valence electrons. The van der Waals surface area contributed by atoms with Crippen LogP contribution in [0.25, 0.3) is 0 Å². The number of primary amides is 1. The second kappa shape index (κ2) is 8.17. The van der Waals surface area contributed by atoms with Gasteiger partial charge >= 0.3 is 0 Å². The normalized spacial score (nSPS) is 25.1. The summed E-state index contributed by atoms with van der Waals surface area (Å²) in [6.45, 7) is 6.77. The largest absolute Gasteiger partial charge is 0.369 e. The van der Waals surface area contributed by atoms with E-state index in [1.165, 1.54) is 6.42 Å². The van der Waals surface area contributed by atoms with Crippen LogP contribution in [0.2, 0.25) is 0 Å². The number of aryl methyl sites for hydroxylation is 1. The van der Waals surface area contributed by atoms with Gasteiger partial charge in [-0.25, -0.2) is 4.39 Å². The van der Waals surface area contributed by atoms with Gasteiger partial charge in [-0.2, -0.15) is 0 Å². The molecule has 2 N–H and O–H groups in total. The molecule has 1 heterocycles. The molecule has 0 spiro atoms. The smallest absolute Gasteiger partial charge is 0.220 e. The van der Waals surface area contributed by atoms with Gasteiger partial charge in [0.25, 0.3) is 0 Å². The van der Waals surface area contributed by atoms with E-state index in [4.69, 9.17) is 5.73 Å². The van der Waals surface area contributed by atoms with Crippen molar-refractivity contribution in [3.8, 4) is 0 Å². The van der Waals surface area contributed by atoms with E-state index in [1.54, 1.807) is 6.07 Å². The Morgan fingerprint density at radius 2 is 1.84 bits per heavy atom. The fourth-order valence-electron chi connectivity index (χ4n) is 4.18. The van der Waals surface area contributed by atoms with Gasteiger partial charge in [-0.05, 0) is 69.2 Å². The zero-order valence-corrected chi connectivity index (χ0v) is 15.2. The Labute approximate surface area is 150 Å². The van der Waals surface area contributed by atoms with Crippen LogP contribution >= 0.6 is 0 Å². The highest BCUT2D eigenvalue weighted by Crippen LogP contribution is 2.31. The highest BCUT2D eigenvalue weighted by atomic mass is 19.1. The molecule has 4 nitrogen and oxygen atoms in total. The molecule has 5 heteroatoms. The number of halogens is 1. The van der Waals surface area contributed by atoms with Crippen LogP contribution in [0.4, 0.5) is 10.1 Å². The quantitative estimate of drug-likeness (QED) is 0.891. The van der Waals surface area contributed by atoms with Crippen molar-refractivity contribution in [1.82, 2.24) is 4.90 Å². The third-order valence-electron chi connectivity index (χ3n) is 5.92. The van der Waals surface area contributed by atoms with E-state index in [2.05, 4.69) is 9.80 Å². The maximum Gasteiger partial charge on any atom is 0.220 e. The number of hydrogen-bond donors (Lipinski definition) is 1. The molecule has 2 fully saturated rings. The summed E-state index contributed by atoms with van der Waals surface area (Å²) < 4.78 is 14.1. The SMILES string of the molecule is Cc1ccc(N2CCN(CCC3CCC(C(N)=O)CC3)CC2)c(F)c1. The van der Waals surface area contributed by atoms with Gasteiger partial charge in [-0.3, -0.25) is 9.69 Å². The lowest BCUT2D eigenvalue weighted by Crippen LogP contribution is -2.47. The molecule has 1 aliphatic heterocycles. The van der Waals surface area contributed by atoms with Gasteiger partial charge in [-0.15, -0.1) is 0 Å².